The Hall–Kier alpha value is -0.830. The Morgan fingerprint density at radius 3 is 2.88 bits per heavy atom. The Labute approximate surface area is 98.3 Å². The number of nitrogens with zero attached hydrogens (tertiary/aromatic N) is 2. The second-order valence-electron chi connectivity index (χ2n) is 4.98. The predicted octanol–water partition coefficient (Wildman–Crippen LogP) is 2.28. The molecule has 0 bridgehead atoms. The van der Waals surface area contributed by atoms with Gasteiger partial charge in [-0.2, -0.15) is 0 Å². The summed E-state index contributed by atoms with van der Waals surface area (Å²) in [6.45, 7) is 5.36. The van der Waals surface area contributed by atoms with Crippen LogP contribution in [0.15, 0.2) is 6.33 Å². The zero-order valence-corrected chi connectivity index (χ0v) is 10.7. The van der Waals surface area contributed by atoms with Crippen molar-refractivity contribution in [2.24, 2.45) is 5.92 Å². The van der Waals surface area contributed by atoms with Crippen molar-refractivity contribution in [3.05, 3.63) is 17.7 Å². The summed E-state index contributed by atoms with van der Waals surface area (Å²) in [6, 6.07) is 0.741. The van der Waals surface area contributed by atoms with E-state index in [-0.39, 0.29) is 0 Å². The third-order valence-corrected chi connectivity index (χ3v) is 4.12. The molecular formula is C13H23N3. The lowest BCUT2D eigenvalue weighted by Crippen LogP contribution is -2.29. The van der Waals surface area contributed by atoms with Gasteiger partial charge >= 0.3 is 0 Å². The van der Waals surface area contributed by atoms with Crippen LogP contribution in [0.1, 0.15) is 37.1 Å². The van der Waals surface area contributed by atoms with Crippen molar-refractivity contribution in [2.45, 2.75) is 52.1 Å². The van der Waals surface area contributed by atoms with Gasteiger partial charge in [0.05, 0.1) is 12.0 Å². The van der Waals surface area contributed by atoms with E-state index in [0.29, 0.717) is 0 Å². The summed E-state index contributed by atoms with van der Waals surface area (Å²) >= 11 is 0. The largest absolute Gasteiger partial charge is 0.335 e. The van der Waals surface area contributed by atoms with Gasteiger partial charge in [0, 0.05) is 18.3 Å². The summed E-state index contributed by atoms with van der Waals surface area (Å²) in [4.78, 5) is 4.35. The van der Waals surface area contributed by atoms with Crippen molar-refractivity contribution >= 4 is 0 Å². The first-order chi connectivity index (χ1) is 7.72. The van der Waals surface area contributed by atoms with Crippen molar-refractivity contribution in [3.63, 3.8) is 0 Å². The normalized spacial score (nSPS) is 25.2. The fourth-order valence-electron chi connectivity index (χ4n) is 2.84. The van der Waals surface area contributed by atoms with Crippen molar-refractivity contribution < 1.29 is 0 Å². The number of aryl methyl sites for hydroxylation is 2. The fourth-order valence-corrected chi connectivity index (χ4v) is 2.84. The summed E-state index contributed by atoms with van der Waals surface area (Å²) in [5, 5.41) is 3.45. The quantitative estimate of drug-likeness (QED) is 0.845. The number of rotatable bonds is 4. The van der Waals surface area contributed by atoms with Crippen molar-refractivity contribution in [1.29, 1.82) is 0 Å². The van der Waals surface area contributed by atoms with E-state index >= 15 is 0 Å². The predicted molar refractivity (Wildman–Crippen MR) is 66.5 cm³/mol. The summed E-state index contributed by atoms with van der Waals surface area (Å²) in [6.07, 6.45) is 7.38. The number of imidazole rings is 1. The first kappa shape index (κ1) is 11.6. The van der Waals surface area contributed by atoms with Crippen LogP contribution in [0.5, 0.6) is 0 Å². The van der Waals surface area contributed by atoms with Crippen LogP contribution in [0.25, 0.3) is 0 Å². The highest BCUT2D eigenvalue weighted by molar-refractivity contribution is 5.08. The lowest BCUT2D eigenvalue weighted by Gasteiger charge is -2.19. The van der Waals surface area contributed by atoms with Gasteiger partial charge in [-0.05, 0) is 46.1 Å². The minimum absolute atomic E-state index is 0.741. The molecule has 0 amide bonds. The van der Waals surface area contributed by atoms with Crippen molar-refractivity contribution in [2.75, 3.05) is 7.05 Å². The first-order valence-electron chi connectivity index (χ1n) is 6.38. The smallest absolute Gasteiger partial charge is 0.0951 e. The number of aromatic nitrogens is 2. The van der Waals surface area contributed by atoms with Gasteiger partial charge in [-0.1, -0.05) is 6.42 Å². The van der Waals surface area contributed by atoms with Gasteiger partial charge in [0.15, 0.2) is 0 Å². The third kappa shape index (κ3) is 2.29. The van der Waals surface area contributed by atoms with Gasteiger partial charge in [-0.25, -0.2) is 4.98 Å². The van der Waals surface area contributed by atoms with Crippen molar-refractivity contribution in [3.8, 4) is 0 Å². The number of hydrogen-bond donors (Lipinski definition) is 1. The fraction of sp³-hybridized carbons (Fsp3) is 0.769. The molecule has 1 aliphatic rings. The molecule has 0 aromatic carbocycles. The van der Waals surface area contributed by atoms with E-state index in [1.165, 1.54) is 31.4 Å². The Morgan fingerprint density at radius 2 is 2.25 bits per heavy atom. The van der Waals surface area contributed by atoms with Gasteiger partial charge < -0.3 is 9.88 Å². The molecule has 0 saturated heterocycles. The topological polar surface area (TPSA) is 29.9 Å². The first-order valence-corrected chi connectivity index (χ1v) is 6.38. The molecule has 0 radical (unpaired) electrons. The Kier molecular flexibility index (Phi) is 3.64. The van der Waals surface area contributed by atoms with Crippen LogP contribution in [-0.4, -0.2) is 22.6 Å². The minimum atomic E-state index is 0.741. The van der Waals surface area contributed by atoms with Crippen molar-refractivity contribution in [1.82, 2.24) is 14.9 Å². The molecule has 1 aliphatic carbocycles. The maximum Gasteiger partial charge on any atom is 0.0951 e. The van der Waals surface area contributed by atoms with E-state index in [1.54, 1.807) is 0 Å². The average molecular weight is 221 g/mol. The molecule has 1 N–H and O–H groups in total. The molecule has 1 aromatic heterocycles. The maximum atomic E-state index is 4.35. The average Bonchev–Trinajstić information content (AvgIpc) is 2.86. The number of hydrogen-bond acceptors (Lipinski definition) is 2. The van der Waals surface area contributed by atoms with E-state index < -0.39 is 0 Å². The van der Waals surface area contributed by atoms with Crippen LogP contribution in [0, 0.1) is 19.8 Å². The van der Waals surface area contributed by atoms with Crippen LogP contribution in [0.3, 0.4) is 0 Å². The van der Waals surface area contributed by atoms with Crippen LogP contribution in [0.2, 0.25) is 0 Å². The van der Waals surface area contributed by atoms with E-state index in [0.717, 1.165) is 24.2 Å². The zero-order chi connectivity index (χ0) is 11.5. The molecule has 90 valence electrons. The molecule has 0 aliphatic heterocycles. The van der Waals surface area contributed by atoms with E-state index in [2.05, 4.69) is 35.8 Å². The van der Waals surface area contributed by atoms with Gasteiger partial charge in [0.1, 0.15) is 0 Å². The van der Waals surface area contributed by atoms with Crippen LogP contribution in [-0.2, 0) is 6.54 Å². The van der Waals surface area contributed by atoms with Gasteiger partial charge in [-0.15, -0.1) is 0 Å². The van der Waals surface area contributed by atoms with E-state index in [1.807, 2.05) is 6.33 Å². The zero-order valence-electron chi connectivity index (χ0n) is 10.7. The number of nitrogens with one attached hydrogen (secondary N) is 1. The third-order valence-electron chi connectivity index (χ3n) is 4.12. The van der Waals surface area contributed by atoms with E-state index in [9.17, 15) is 0 Å². The van der Waals surface area contributed by atoms with Crippen LogP contribution < -0.4 is 5.32 Å². The molecule has 3 nitrogen and oxygen atoms in total. The van der Waals surface area contributed by atoms with Crippen LogP contribution in [0.4, 0.5) is 0 Å². The minimum Gasteiger partial charge on any atom is -0.335 e. The van der Waals surface area contributed by atoms with Gasteiger partial charge in [0.25, 0.3) is 0 Å². The van der Waals surface area contributed by atoms with Gasteiger partial charge in [0.2, 0.25) is 0 Å². The standard InChI is InChI=1S/C13H23N3/c1-10-11(2)16(9-15-10)8-7-12-5-4-6-13(12)14-3/h9,12-14H,4-8H2,1-3H3. The molecular weight excluding hydrogens is 198 g/mol. The van der Waals surface area contributed by atoms with Crippen LogP contribution >= 0.6 is 0 Å². The Bertz CT molecular complexity index is 343. The summed E-state index contributed by atoms with van der Waals surface area (Å²) in [5.41, 5.74) is 2.48. The second-order valence-corrected chi connectivity index (χ2v) is 4.98. The molecule has 2 atom stereocenters. The molecule has 16 heavy (non-hydrogen) atoms. The molecule has 1 fully saturated rings. The highest BCUT2D eigenvalue weighted by Gasteiger charge is 2.25. The van der Waals surface area contributed by atoms with E-state index in [4.69, 9.17) is 0 Å². The Balaban J connectivity index is 1.89. The molecule has 1 saturated carbocycles. The summed E-state index contributed by atoms with van der Waals surface area (Å²) in [7, 11) is 2.09. The summed E-state index contributed by atoms with van der Waals surface area (Å²) in [5.74, 6) is 0.854. The molecule has 0 spiro atoms. The summed E-state index contributed by atoms with van der Waals surface area (Å²) < 4.78 is 2.29. The van der Waals surface area contributed by atoms with Gasteiger partial charge in [-0.3, -0.25) is 0 Å². The SMILES string of the molecule is CNC1CCCC1CCn1cnc(C)c1C. The molecule has 3 heteroatoms. The highest BCUT2D eigenvalue weighted by atomic mass is 15.0. The lowest BCUT2D eigenvalue weighted by molar-refractivity contribution is 0.376. The molecule has 1 aromatic rings. The Morgan fingerprint density at radius 1 is 1.44 bits per heavy atom. The molecule has 1 heterocycles. The monoisotopic (exact) mass is 221 g/mol. The second kappa shape index (κ2) is 5.00. The molecule has 2 rings (SSSR count). The molecule has 2 unspecified atom stereocenters. The lowest BCUT2D eigenvalue weighted by atomic mass is 10.00. The maximum absolute atomic E-state index is 4.35. The highest BCUT2D eigenvalue weighted by Crippen LogP contribution is 2.28.